The number of carbonyl (C=O) groups excluding carboxylic acids is 2. The van der Waals surface area contributed by atoms with Gasteiger partial charge in [0.2, 0.25) is 0 Å². The number of carbonyl (C=O) groups is 2. The maximum atomic E-state index is 12.5. The number of hydrogen-bond donors (Lipinski definition) is 2. The summed E-state index contributed by atoms with van der Waals surface area (Å²) in [7, 11) is 1.53. The summed E-state index contributed by atoms with van der Waals surface area (Å²) in [5.74, 6) is 0.218. The van der Waals surface area contributed by atoms with Crippen molar-refractivity contribution in [2.24, 2.45) is 0 Å². The first-order valence-electron chi connectivity index (χ1n) is 10.1. The van der Waals surface area contributed by atoms with E-state index in [9.17, 15) is 14.9 Å². The molecule has 7 nitrogen and oxygen atoms in total. The van der Waals surface area contributed by atoms with Crippen LogP contribution in [0.2, 0.25) is 0 Å². The van der Waals surface area contributed by atoms with Gasteiger partial charge in [0.05, 0.1) is 12.8 Å². The number of nitrogens with one attached hydrogen (secondary N) is 2. The molecule has 0 fully saturated rings. The number of aryl methyl sites for hydroxylation is 1. The predicted octanol–water partition coefficient (Wildman–Crippen LogP) is 4.57. The average molecular weight is 441 g/mol. The van der Waals surface area contributed by atoms with Crippen molar-refractivity contribution in [3.8, 4) is 17.6 Å². The van der Waals surface area contributed by atoms with E-state index in [1.54, 1.807) is 48.5 Å². The van der Waals surface area contributed by atoms with Crippen LogP contribution < -0.4 is 20.1 Å². The molecular weight excluding hydrogens is 418 g/mol. The molecule has 0 aliphatic rings. The molecule has 0 aliphatic heterocycles. The predicted molar refractivity (Wildman–Crippen MR) is 127 cm³/mol. The smallest absolute Gasteiger partial charge is 0.266 e. The Morgan fingerprint density at radius 2 is 1.61 bits per heavy atom. The van der Waals surface area contributed by atoms with Crippen molar-refractivity contribution >= 4 is 29.3 Å². The van der Waals surface area contributed by atoms with Crippen molar-refractivity contribution in [2.45, 2.75) is 6.92 Å². The highest BCUT2D eigenvalue weighted by Gasteiger charge is 2.11. The highest BCUT2D eigenvalue weighted by molar-refractivity contribution is 6.09. The normalized spacial score (nSPS) is 10.6. The highest BCUT2D eigenvalue weighted by atomic mass is 16.5. The molecular formula is C26H23N3O4. The number of para-hydroxylation sites is 3. The molecule has 166 valence electrons. The van der Waals surface area contributed by atoms with Crippen LogP contribution in [0, 0.1) is 18.3 Å². The largest absolute Gasteiger partial charge is 0.495 e. The van der Waals surface area contributed by atoms with E-state index in [1.165, 1.54) is 13.2 Å². The lowest BCUT2D eigenvalue weighted by atomic mass is 10.1. The minimum absolute atomic E-state index is 0.0249. The zero-order valence-electron chi connectivity index (χ0n) is 18.3. The summed E-state index contributed by atoms with van der Waals surface area (Å²) in [6.45, 7) is 1.69. The van der Waals surface area contributed by atoms with Gasteiger partial charge in [0.25, 0.3) is 11.8 Å². The number of hydrogen-bond acceptors (Lipinski definition) is 5. The van der Waals surface area contributed by atoms with E-state index in [0.29, 0.717) is 28.4 Å². The molecule has 0 aromatic heterocycles. The maximum Gasteiger partial charge on any atom is 0.266 e. The summed E-state index contributed by atoms with van der Waals surface area (Å²) in [5, 5.41) is 14.9. The standard InChI is InChI=1S/C26H23N3O4/c1-18-7-3-4-8-22(18)29-26(31)20(16-27)15-19-11-13-21(14-12-19)33-17-25(30)28-23-9-5-6-10-24(23)32-2/h3-15H,17H2,1-2H3,(H,28,30)(H,29,31). The second-order valence-electron chi connectivity index (χ2n) is 7.05. The minimum Gasteiger partial charge on any atom is -0.495 e. The van der Waals surface area contributed by atoms with Crippen LogP contribution >= 0.6 is 0 Å². The molecule has 0 saturated heterocycles. The van der Waals surface area contributed by atoms with Crippen molar-refractivity contribution in [1.82, 2.24) is 0 Å². The van der Waals surface area contributed by atoms with Crippen molar-refractivity contribution in [2.75, 3.05) is 24.4 Å². The Bertz CT molecular complexity index is 1210. The first-order valence-corrected chi connectivity index (χ1v) is 10.1. The van der Waals surface area contributed by atoms with Gasteiger partial charge in [0.15, 0.2) is 6.61 Å². The first kappa shape index (κ1) is 23.1. The van der Waals surface area contributed by atoms with Gasteiger partial charge in [-0.2, -0.15) is 5.26 Å². The van der Waals surface area contributed by atoms with Gasteiger partial charge in [0.1, 0.15) is 23.1 Å². The van der Waals surface area contributed by atoms with Crippen molar-refractivity contribution in [1.29, 1.82) is 5.26 Å². The second kappa shape index (κ2) is 11.2. The van der Waals surface area contributed by atoms with E-state index < -0.39 is 5.91 Å². The number of methoxy groups -OCH3 is 1. The van der Waals surface area contributed by atoms with Gasteiger partial charge in [-0.25, -0.2) is 0 Å². The van der Waals surface area contributed by atoms with Crippen LogP contribution in [-0.4, -0.2) is 25.5 Å². The molecule has 0 aliphatic carbocycles. The maximum absolute atomic E-state index is 12.5. The molecule has 0 bridgehead atoms. The second-order valence-corrected chi connectivity index (χ2v) is 7.05. The molecule has 3 rings (SSSR count). The third-order valence-electron chi connectivity index (χ3n) is 4.70. The number of ether oxygens (including phenoxy) is 2. The Hall–Kier alpha value is -4.57. The number of benzene rings is 3. The van der Waals surface area contributed by atoms with Crippen LogP contribution in [0.15, 0.2) is 78.4 Å². The number of nitriles is 1. The first-order chi connectivity index (χ1) is 16.0. The monoisotopic (exact) mass is 441 g/mol. The van der Waals surface area contributed by atoms with Gasteiger partial charge < -0.3 is 20.1 Å². The molecule has 33 heavy (non-hydrogen) atoms. The summed E-state index contributed by atoms with van der Waals surface area (Å²) < 4.78 is 10.7. The summed E-state index contributed by atoms with van der Waals surface area (Å²) in [5.41, 5.74) is 2.74. The Kier molecular flexibility index (Phi) is 7.81. The topological polar surface area (TPSA) is 100 Å². The summed E-state index contributed by atoms with van der Waals surface area (Å²) in [4.78, 5) is 24.6. The lowest BCUT2D eigenvalue weighted by Gasteiger charge is -2.10. The summed E-state index contributed by atoms with van der Waals surface area (Å²) in [6, 6.07) is 23.1. The molecule has 2 amide bonds. The Labute approximate surface area is 192 Å². The van der Waals surface area contributed by atoms with Crippen molar-refractivity contribution in [3.63, 3.8) is 0 Å². The molecule has 7 heteroatoms. The summed E-state index contributed by atoms with van der Waals surface area (Å²) in [6.07, 6.45) is 1.49. The van der Waals surface area contributed by atoms with Crippen LogP contribution in [0.1, 0.15) is 11.1 Å². The van der Waals surface area contributed by atoms with Crippen molar-refractivity contribution < 1.29 is 19.1 Å². The molecule has 0 atom stereocenters. The van der Waals surface area contributed by atoms with Gasteiger partial charge in [-0.15, -0.1) is 0 Å². The molecule has 2 N–H and O–H groups in total. The van der Waals surface area contributed by atoms with Crippen LogP contribution in [0.25, 0.3) is 6.08 Å². The molecule has 0 spiro atoms. The van der Waals surface area contributed by atoms with Gasteiger partial charge in [-0.05, 0) is 54.5 Å². The van der Waals surface area contributed by atoms with Crippen LogP contribution in [-0.2, 0) is 9.59 Å². The van der Waals surface area contributed by atoms with E-state index in [1.807, 2.05) is 37.3 Å². The van der Waals surface area contributed by atoms with Crippen LogP contribution in [0.3, 0.4) is 0 Å². The van der Waals surface area contributed by atoms with Crippen molar-refractivity contribution in [3.05, 3.63) is 89.5 Å². The summed E-state index contributed by atoms with van der Waals surface area (Å²) >= 11 is 0. The SMILES string of the molecule is COc1ccccc1NC(=O)COc1ccc(C=C(C#N)C(=O)Nc2ccccc2C)cc1. The van der Waals surface area contributed by atoms with Gasteiger partial charge in [0, 0.05) is 5.69 Å². The Balaban J connectivity index is 1.59. The average Bonchev–Trinajstić information content (AvgIpc) is 2.83. The molecule has 0 unspecified atom stereocenters. The third kappa shape index (κ3) is 6.45. The zero-order valence-corrected chi connectivity index (χ0v) is 18.3. The van der Waals surface area contributed by atoms with Crippen LogP contribution in [0.5, 0.6) is 11.5 Å². The zero-order chi connectivity index (χ0) is 23.6. The fourth-order valence-electron chi connectivity index (χ4n) is 2.96. The van der Waals surface area contributed by atoms with E-state index in [4.69, 9.17) is 9.47 Å². The van der Waals surface area contributed by atoms with E-state index >= 15 is 0 Å². The van der Waals surface area contributed by atoms with Gasteiger partial charge >= 0.3 is 0 Å². The lowest BCUT2D eigenvalue weighted by molar-refractivity contribution is -0.118. The van der Waals surface area contributed by atoms with Gasteiger partial charge in [-0.3, -0.25) is 9.59 Å². The number of amides is 2. The Morgan fingerprint density at radius 1 is 0.939 bits per heavy atom. The molecule has 3 aromatic rings. The van der Waals surface area contributed by atoms with Crippen LogP contribution in [0.4, 0.5) is 11.4 Å². The molecule has 0 radical (unpaired) electrons. The highest BCUT2D eigenvalue weighted by Crippen LogP contribution is 2.23. The quantitative estimate of drug-likeness (QED) is 0.394. The Morgan fingerprint density at radius 3 is 2.27 bits per heavy atom. The van der Waals surface area contributed by atoms with Gasteiger partial charge in [-0.1, -0.05) is 42.5 Å². The van der Waals surface area contributed by atoms with E-state index in [0.717, 1.165) is 5.56 Å². The third-order valence-corrected chi connectivity index (χ3v) is 4.70. The minimum atomic E-state index is -0.486. The molecule has 0 heterocycles. The molecule has 0 saturated carbocycles. The fraction of sp³-hybridized carbons (Fsp3) is 0.115. The van der Waals surface area contributed by atoms with E-state index in [-0.39, 0.29) is 18.1 Å². The van der Waals surface area contributed by atoms with E-state index in [2.05, 4.69) is 10.6 Å². The molecule has 3 aromatic carbocycles. The lowest BCUT2D eigenvalue weighted by Crippen LogP contribution is -2.20. The number of nitrogens with zero attached hydrogens (tertiary/aromatic N) is 1. The number of rotatable bonds is 8. The fourth-order valence-corrected chi connectivity index (χ4v) is 2.96. The number of anilines is 2.